The predicted molar refractivity (Wildman–Crippen MR) is 127 cm³/mol. The molecule has 4 nitrogen and oxygen atoms in total. The molecule has 0 unspecified atom stereocenters. The Morgan fingerprint density at radius 1 is 1.00 bits per heavy atom. The summed E-state index contributed by atoms with van der Waals surface area (Å²) in [5.74, 6) is 0. The molecule has 0 N–H and O–H groups in total. The fourth-order valence-corrected chi connectivity index (χ4v) is 5.05. The van der Waals surface area contributed by atoms with Crippen molar-refractivity contribution in [3.8, 4) is 0 Å². The Kier molecular flexibility index (Phi) is 7.90. The van der Waals surface area contributed by atoms with Gasteiger partial charge in [-0.2, -0.15) is 13.2 Å². The summed E-state index contributed by atoms with van der Waals surface area (Å²) in [4.78, 5) is 16.3. The minimum Gasteiger partial charge on any atom is -0.369 e. The van der Waals surface area contributed by atoms with Gasteiger partial charge in [0.15, 0.2) is 0 Å². The number of aromatic nitrogens is 1. The van der Waals surface area contributed by atoms with E-state index in [2.05, 4.69) is 17.0 Å². The molecule has 1 aliphatic heterocycles. The van der Waals surface area contributed by atoms with E-state index in [1.165, 1.54) is 29.0 Å². The molecular weight excluding hydrogens is 459 g/mol. The second-order valence-electron chi connectivity index (χ2n) is 8.06. The highest BCUT2D eigenvalue weighted by Crippen LogP contribution is 2.32. The number of alkyl halides is 3. The summed E-state index contributed by atoms with van der Waals surface area (Å²) in [5, 5.41) is 0. The Morgan fingerprint density at radius 3 is 2.47 bits per heavy atom. The summed E-state index contributed by atoms with van der Waals surface area (Å²) < 4.78 is 41.6. The highest BCUT2D eigenvalue weighted by atomic mass is 35.5. The number of fused-ring (bicyclic) bond motifs is 1. The van der Waals surface area contributed by atoms with Gasteiger partial charge in [-0.25, -0.2) is 0 Å². The van der Waals surface area contributed by atoms with Gasteiger partial charge >= 0.3 is 11.0 Å². The topological polar surface area (TPSA) is 28.5 Å². The Hall–Kier alpha value is -2.03. The van der Waals surface area contributed by atoms with Crippen LogP contribution < -0.4 is 9.77 Å². The molecule has 2 aromatic carbocycles. The number of thiazole rings is 1. The summed E-state index contributed by atoms with van der Waals surface area (Å²) in [6, 6.07) is 11.8. The van der Waals surface area contributed by atoms with Crippen LogP contribution in [0.4, 0.5) is 18.9 Å². The normalized spacial score (nSPS) is 15.2. The smallest absolute Gasteiger partial charge is 0.369 e. The molecule has 0 radical (unpaired) electrons. The van der Waals surface area contributed by atoms with E-state index in [-0.39, 0.29) is 17.3 Å². The number of aryl methyl sites for hydroxylation is 2. The molecule has 9 heteroatoms. The third kappa shape index (κ3) is 5.66. The molecule has 0 atom stereocenters. The number of hydrogen-bond donors (Lipinski definition) is 0. The quantitative estimate of drug-likeness (QED) is 0.450. The van der Waals surface area contributed by atoms with E-state index in [1.807, 2.05) is 11.0 Å². The molecule has 0 aliphatic carbocycles. The zero-order valence-electron chi connectivity index (χ0n) is 17.9. The lowest BCUT2D eigenvalue weighted by molar-refractivity contribution is -0.137. The summed E-state index contributed by atoms with van der Waals surface area (Å²) in [6.07, 6.45) is -1.18. The molecule has 0 spiro atoms. The molecule has 1 fully saturated rings. The first-order chi connectivity index (χ1) is 14.8. The number of nitrogens with zero attached hydrogens (tertiary/aromatic N) is 3. The van der Waals surface area contributed by atoms with Gasteiger partial charge in [-0.05, 0) is 61.7 Å². The van der Waals surface area contributed by atoms with E-state index in [0.717, 1.165) is 68.3 Å². The SMILES string of the molecule is Cl.Cn1c(=O)sc2cc(CCCCN3CCN(c4cccc(C(F)(F)F)c4)CC3)ccc21. The molecule has 2 heterocycles. The van der Waals surface area contributed by atoms with Gasteiger partial charge in [-0.15, -0.1) is 12.4 Å². The van der Waals surface area contributed by atoms with Gasteiger partial charge in [0.05, 0.1) is 15.8 Å². The molecule has 1 saturated heterocycles. The number of hydrogen-bond acceptors (Lipinski definition) is 4. The number of benzene rings is 2. The molecule has 0 amide bonds. The van der Waals surface area contributed by atoms with Crippen LogP contribution >= 0.6 is 23.7 Å². The summed E-state index contributed by atoms with van der Waals surface area (Å²) in [5.41, 5.74) is 2.29. The molecule has 32 heavy (non-hydrogen) atoms. The maximum Gasteiger partial charge on any atom is 0.416 e. The van der Waals surface area contributed by atoms with E-state index >= 15 is 0 Å². The van der Waals surface area contributed by atoms with Gasteiger partial charge in [0, 0.05) is 38.9 Å². The number of halogens is 4. The largest absolute Gasteiger partial charge is 0.416 e. The van der Waals surface area contributed by atoms with Gasteiger partial charge in [0.25, 0.3) is 0 Å². The van der Waals surface area contributed by atoms with E-state index in [4.69, 9.17) is 0 Å². The Balaban J connectivity index is 0.00000289. The van der Waals surface area contributed by atoms with Gasteiger partial charge in [-0.1, -0.05) is 23.5 Å². The van der Waals surface area contributed by atoms with Crippen LogP contribution in [0.5, 0.6) is 0 Å². The van der Waals surface area contributed by atoms with Crippen LogP contribution in [-0.2, 0) is 19.6 Å². The van der Waals surface area contributed by atoms with Gasteiger partial charge in [0.2, 0.25) is 0 Å². The predicted octanol–water partition coefficient (Wildman–Crippen LogP) is 5.19. The van der Waals surface area contributed by atoms with Crippen LogP contribution in [0.1, 0.15) is 24.0 Å². The number of rotatable bonds is 6. The molecular formula is C23H27ClF3N3OS. The first-order valence-electron chi connectivity index (χ1n) is 10.5. The van der Waals surface area contributed by atoms with Crippen molar-refractivity contribution < 1.29 is 13.2 Å². The number of anilines is 1. The van der Waals surface area contributed by atoms with Crippen LogP contribution in [0.15, 0.2) is 47.3 Å². The molecule has 174 valence electrons. The molecule has 3 aromatic rings. The maximum atomic E-state index is 12.9. The lowest BCUT2D eigenvalue weighted by atomic mass is 10.1. The first-order valence-corrected chi connectivity index (χ1v) is 11.4. The van der Waals surface area contributed by atoms with Crippen LogP contribution in [0.25, 0.3) is 10.2 Å². The Morgan fingerprint density at radius 2 is 1.75 bits per heavy atom. The fourth-order valence-electron chi connectivity index (χ4n) is 4.11. The zero-order chi connectivity index (χ0) is 22.0. The average Bonchev–Trinajstić information content (AvgIpc) is 3.04. The molecule has 0 saturated carbocycles. The van der Waals surface area contributed by atoms with Crippen molar-refractivity contribution in [3.05, 3.63) is 63.3 Å². The summed E-state index contributed by atoms with van der Waals surface area (Å²) in [6.45, 7) is 4.20. The molecule has 1 aromatic heterocycles. The van der Waals surface area contributed by atoms with Crippen molar-refractivity contribution in [3.63, 3.8) is 0 Å². The maximum absolute atomic E-state index is 12.9. The summed E-state index contributed by atoms with van der Waals surface area (Å²) in [7, 11) is 1.80. The molecule has 4 rings (SSSR count). The minimum atomic E-state index is -4.30. The van der Waals surface area contributed by atoms with Gasteiger partial charge in [-0.3, -0.25) is 9.69 Å². The first kappa shape index (κ1) is 24.6. The second-order valence-corrected chi connectivity index (χ2v) is 9.06. The van der Waals surface area contributed by atoms with Crippen molar-refractivity contribution in [2.75, 3.05) is 37.6 Å². The Bertz CT molecular complexity index is 1100. The lowest BCUT2D eigenvalue weighted by Crippen LogP contribution is -2.46. The highest BCUT2D eigenvalue weighted by molar-refractivity contribution is 7.16. The third-order valence-corrected chi connectivity index (χ3v) is 6.95. The van der Waals surface area contributed by atoms with E-state index in [1.54, 1.807) is 17.7 Å². The average molecular weight is 486 g/mol. The second kappa shape index (κ2) is 10.3. The zero-order valence-corrected chi connectivity index (χ0v) is 19.5. The van der Waals surface area contributed by atoms with E-state index in [9.17, 15) is 18.0 Å². The number of unbranched alkanes of at least 4 members (excludes halogenated alkanes) is 1. The fraction of sp³-hybridized carbons (Fsp3) is 0.435. The summed E-state index contributed by atoms with van der Waals surface area (Å²) >= 11 is 1.29. The monoisotopic (exact) mass is 485 g/mol. The minimum absolute atomic E-state index is 0. The van der Waals surface area contributed by atoms with Crippen molar-refractivity contribution in [1.29, 1.82) is 0 Å². The van der Waals surface area contributed by atoms with E-state index < -0.39 is 11.7 Å². The van der Waals surface area contributed by atoms with Crippen LogP contribution in [0.2, 0.25) is 0 Å². The number of piperazine rings is 1. The van der Waals surface area contributed by atoms with Crippen molar-refractivity contribution in [1.82, 2.24) is 9.47 Å². The lowest BCUT2D eigenvalue weighted by Gasteiger charge is -2.36. The van der Waals surface area contributed by atoms with Crippen molar-refractivity contribution >= 4 is 39.6 Å². The third-order valence-electron chi connectivity index (χ3n) is 5.96. The van der Waals surface area contributed by atoms with Crippen LogP contribution in [0.3, 0.4) is 0 Å². The molecule has 1 aliphatic rings. The Labute approximate surface area is 195 Å². The van der Waals surface area contributed by atoms with Crippen LogP contribution in [0, 0.1) is 0 Å². The van der Waals surface area contributed by atoms with E-state index in [0.29, 0.717) is 5.69 Å². The standard InChI is InChI=1S/C23H26F3N3OS.ClH/c1-27-20-9-8-17(15-21(20)31-22(27)30)5-2-3-10-28-11-13-29(14-12-28)19-7-4-6-18(16-19)23(24,25)26;/h4,6-9,15-16H,2-3,5,10-14H2,1H3;1H. The highest BCUT2D eigenvalue weighted by Gasteiger charge is 2.31. The molecule has 0 bridgehead atoms. The van der Waals surface area contributed by atoms with Crippen molar-refractivity contribution in [2.24, 2.45) is 7.05 Å². The van der Waals surface area contributed by atoms with Crippen molar-refractivity contribution in [2.45, 2.75) is 25.4 Å². The van der Waals surface area contributed by atoms with Gasteiger partial charge in [0.1, 0.15) is 0 Å². The van der Waals surface area contributed by atoms with Gasteiger partial charge < -0.3 is 9.47 Å². The van der Waals surface area contributed by atoms with Crippen LogP contribution in [-0.4, -0.2) is 42.2 Å².